The highest BCUT2D eigenvalue weighted by Crippen LogP contribution is 2.45. The normalized spacial score (nSPS) is 10.8. The summed E-state index contributed by atoms with van der Waals surface area (Å²) in [6.07, 6.45) is 0. The molecule has 0 aliphatic rings. The van der Waals surface area contributed by atoms with Crippen LogP contribution < -0.4 is 4.74 Å². The van der Waals surface area contributed by atoms with Crippen molar-refractivity contribution >= 4 is 10.8 Å². The number of phenols is 2. The smallest absolute Gasteiger partial charge is 0.167 e. The van der Waals surface area contributed by atoms with E-state index in [1.165, 1.54) is 7.11 Å². The molecule has 0 aliphatic heterocycles. The van der Waals surface area contributed by atoms with E-state index in [0.29, 0.717) is 22.1 Å². The van der Waals surface area contributed by atoms with Crippen molar-refractivity contribution in [2.75, 3.05) is 7.11 Å². The molecule has 3 nitrogen and oxygen atoms in total. The van der Waals surface area contributed by atoms with E-state index < -0.39 is 0 Å². The van der Waals surface area contributed by atoms with Crippen LogP contribution in [0.5, 0.6) is 17.2 Å². The maximum absolute atomic E-state index is 10.4. The Bertz CT molecular complexity index is 808. The van der Waals surface area contributed by atoms with Crippen LogP contribution in [0.2, 0.25) is 0 Å². The summed E-state index contributed by atoms with van der Waals surface area (Å²) in [5.41, 5.74) is 2.57. The lowest BCUT2D eigenvalue weighted by atomic mass is 9.98. The van der Waals surface area contributed by atoms with Gasteiger partial charge in [0.15, 0.2) is 11.5 Å². The molecule has 3 aromatic rings. The summed E-state index contributed by atoms with van der Waals surface area (Å²) < 4.78 is 5.20. The summed E-state index contributed by atoms with van der Waals surface area (Å²) in [6, 6.07) is 15.5. The lowest BCUT2D eigenvalue weighted by molar-refractivity contribution is 0.369. The summed E-state index contributed by atoms with van der Waals surface area (Å²) in [5, 5.41) is 21.9. The maximum Gasteiger partial charge on any atom is 0.167 e. The van der Waals surface area contributed by atoms with Crippen LogP contribution in [0.3, 0.4) is 0 Å². The van der Waals surface area contributed by atoms with E-state index in [9.17, 15) is 10.2 Å². The molecule has 0 bridgehead atoms. The van der Waals surface area contributed by atoms with Gasteiger partial charge in [-0.2, -0.15) is 0 Å². The van der Waals surface area contributed by atoms with Crippen LogP contribution in [-0.4, -0.2) is 17.3 Å². The molecule has 3 heteroatoms. The zero-order chi connectivity index (χ0) is 15.0. The summed E-state index contributed by atoms with van der Waals surface area (Å²) in [5.74, 6) is 0.505. The van der Waals surface area contributed by atoms with Gasteiger partial charge in [-0.05, 0) is 30.2 Å². The minimum atomic E-state index is 0.0561. The highest BCUT2D eigenvalue weighted by atomic mass is 16.5. The third-order valence-corrected chi connectivity index (χ3v) is 3.75. The molecule has 3 rings (SSSR count). The van der Waals surface area contributed by atoms with Gasteiger partial charge in [0, 0.05) is 16.3 Å². The van der Waals surface area contributed by atoms with E-state index >= 15 is 0 Å². The second kappa shape index (κ2) is 5.02. The Hall–Kier alpha value is -2.68. The molecule has 3 aromatic carbocycles. The van der Waals surface area contributed by atoms with Gasteiger partial charge in [-0.3, -0.25) is 0 Å². The molecule has 0 saturated carbocycles. The number of phenolic OH excluding ortho intramolecular Hbond substituents is 2. The fourth-order valence-electron chi connectivity index (χ4n) is 2.62. The standard InChI is InChI=1S/C18H16O3/c1-11-16(19)14-9-8-13(12-6-4-3-5-7-12)10-15(14)17(20)18(11)21-2/h3-10,19-20H,1-2H3. The Balaban J connectivity index is 2.31. The number of hydrogen-bond donors (Lipinski definition) is 2. The molecule has 106 valence electrons. The van der Waals surface area contributed by atoms with Gasteiger partial charge in [0.2, 0.25) is 0 Å². The second-order valence-electron chi connectivity index (χ2n) is 4.98. The summed E-state index contributed by atoms with van der Waals surface area (Å²) in [4.78, 5) is 0. The van der Waals surface area contributed by atoms with Crippen LogP contribution in [0.1, 0.15) is 5.56 Å². The van der Waals surface area contributed by atoms with Crippen LogP contribution in [0.15, 0.2) is 48.5 Å². The lowest BCUT2D eigenvalue weighted by Crippen LogP contribution is -1.91. The Kier molecular flexibility index (Phi) is 3.18. The van der Waals surface area contributed by atoms with Crippen molar-refractivity contribution in [3.05, 3.63) is 54.1 Å². The zero-order valence-corrected chi connectivity index (χ0v) is 11.9. The largest absolute Gasteiger partial charge is 0.507 e. The summed E-state index contributed by atoms with van der Waals surface area (Å²) >= 11 is 0. The van der Waals surface area contributed by atoms with Crippen molar-refractivity contribution in [1.29, 1.82) is 0 Å². The highest BCUT2D eigenvalue weighted by Gasteiger charge is 2.17. The number of fused-ring (bicyclic) bond motifs is 1. The summed E-state index contributed by atoms with van der Waals surface area (Å²) in [7, 11) is 1.48. The molecule has 0 radical (unpaired) electrons. The first-order chi connectivity index (χ1) is 10.1. The molecule has 0 heterocycles. The Morgan fingerprint density at radius 3 is 2.19 bits per heavy atom. The topological polar surface area (TPSA) is 49.7 Å². The Labute approximate surface area is 123 Å². The number of ether oxygens (including phenoxy) is 1. The maximum atomic E-state index is 10.4. The third kappa shape index (κ3) is 2.07. The van der Waals surface area contributed by atoms with E-state index in [0.717, 1.165) is 11.1 Å². The van der Waals surface area contributed by atoms with Gasteiger partial charge >= 0.3 is 0 Å². The number of benzene rings is 3. The van der Waals surface area contributed by atoms with E-state index in [1.54, 1.807) is 6.92 Å². The minimum absolute atomic E-state index is 0.0561. The molecule has 0 atom stereocenters. The second-order valence-corrected chi connectivity index (χ2v) is 4.98. The molecule has 2 N–H and O–H groups in total. The van der Waals surface area contributed by atoms with Crippen LogP contribution in [-0.2, 0) is 0 Å². The van der Waals surface area contributed by atoms with E-state index in [1.807, 2.05) is 48.5 Å². The monoisotopic (exact) mass is 280 g/mol. The SMILES string of the molecule is COc1c(C)c(O)c2ccc(-c3ccccc3)cc2c1O. The van der Waals surface area contributed by atoms with E-state index in [2.05, 4.69) is 0 Å². The first kappa shape index (κ1) is 13.3. The van der Waals surface area contributed by atoms with Gasteiger partial charge in [-0.1, -0.05) is 36.4 Å². The van der Waals surface area contributed by atoms with E-state index in [-0.39, 0.29) is 11.5 Å². The van der Waals surface area contributed by atoms with Crippen LogP contribution >= 0.6 is 0 Å². The zero-order valence-electron chi connectivity index (χ0n) is 11.9. The van der Waals surface area contributed by atoms with Crippen LogP contribution in [0.4, 0.5) is 0 Å². The van der Waals surface area contributed by atoms with Crippen LogP contribution in [0, 0.1) is 6.92 Å². The average Bonchev–Trinajstić information content (AvgIpc) is 2.54. The van der Waals surface area contributed by atoms with Gasteiger partial charge in [-0.25, -0.2) is 0 Å². The van der Waals surface area contributed by atoms with Gasteiger partial charge < -0.3 is 14.9 Å². The molecule has 0 fully saturated rings. The molecular formula is C18H16O3. The predicted molar refractivity (Wildman–Crippen MR) is 84.0 cm³/mol. The predicted octanol–water partition coefficient (Wildman–Crippen LogP) is 4.24. The minimum Gasteiger partial charge on any atom is -0.507 e. The lowest BCUT2D eigenvalue weighted by Gasteiger charge is -2.14. The Morgan fingerprint density at radius 1 is 0.810 bits per heavy atom. The van der Waals surface area contributed by atoms with Crippen molar-refractivity contribution in [2.45, 2.75) is 6.92 Å². The third-order valence-electron chi connectivity index (χ3n) is 3.75. The quantitative estimate of drug-likeness (QED) is 0.690. The fraction of sp³-hybridized carbons (Fsp3) is 0.111. The van der Waals surface area contributed by atoms with Gasteiger partial charge in [0.1, 0.15) is 5.75 Å². The Morgan fingerprint density at radius 2 is 1.52 bits per heavy atom. The molecule has 0 spiro atoms. The molecule has 0 unspecified atom stereocenters. The molecular weight excluding hydrogens is 264 g/mol. The van der Waals surface area contributed by atoms with E-state index in [4.69, 9.17) is 4.74 Å². The van der Waals surface area contributed by atoms with Crippen LogP contribution in [0.25, 0.3) is 21.9 Å². The molecule has 0 aliphatic carbocycles. The van der Waals surface area contributed by atoms with Crippen molar-refractivity contribution in [1.82, 2.24) is 0 Å². The van der Waals surface area contributed by atoms with Crippen molar-refractivity contribution < 1.29 is 14.9 Å². The van der Waals surface area contributed by atoms with Gasteiger partial charge in [-0.15, -0.1) is 0 Å². The van der Waals surface area contributed by atoms with Gasteiger partial charge in [0.25, 0.3) is 0 Å². The fourth-order valence-corrected chi connectivity index (χ4v) is 2.62. The van der Waals surface area contributed by atoms with Crippen molar-refractivity contribution in [2.24, 2.45) is 0 Å². The number of rotatable bonds is 2. The number of methoxy groups -OCH3 is 1. The molecule has 21 heavy (non-hydrogen) atoms. The average molecular weight is 280 g/mol. The number of aromatic hydroxyl groups is 2. The molecule has 0 amide bonds. The number of hydrogen-bond acceptors (Lipinski definition) is 3. The van der Waals surface area contributed by atoms with Crippen molar-refractivity contribution in [3.63, 3.8) is 0 Å². The first-order valence-electron chi connectivity index (χ1n) is 6.71. The highest BCUT2D eigenvalue weighted by molar-refractivity contribution is 5.99. The summed E-state index contributed by atoms with van der Waals surface area (Å²) in [6.45, 7) is 1.72. The van der Waals surface area contributed by atoms with Crippen molar-refractivity contribution in [3.8, 4) is 28.4 Å². The molecule has 0 aromatic heterocycles. The first-order valence-corrected chi connectivity index (χ1v) is 6.71. The van der Waals surface area contributed by atoms with Gasteiger partial charge in [0.05, 0.1) is 7.11 Å². The molecule has 0 saturated heterocycles.